The van der Waals surface area contributed by atoms with Crippen LogP contribution < -0.4 is 9.47 Å². The van der Waals surface area contributed by atoms with Crippen molar-refractivity contribution in [1.82, 2.24) is 5.06 Å². The molecule has 7 nitrogen and oxygen atoms in total. The number of ether oxygens (including phenoxy) is 3. The lowest BCUT2D eigenvalue weighted by molar-refractivity contribution is -0.316. The number of hydroxylamine groups is 2. The van der Waals surface area contributed by atoms with Gasteiger partial charge in [0.2, 0.25) is 5.72 Å². The van der Waals surface area contributed by atoms with Crippen molar-refractivity contribution in [3.8, 4) is 22.6 Å². The van der Waals surface area contributed by atoms with E-state index in [0.29, 0.717) is 36.4 Å². The standard InChI is InChI=1S/C27H25NO6/c1-17-13-18(9-10-21(17)19-7-5-4-6-8-19)16-27-22-15-24(32-3)23(31-2)14-20(22)11-12-28(27)34-26(30)25(29)33-27/h4-10,13-15H,11-12,16H2,1-3H3. The van der Waals surface area contributed by atoms with Gasteiger partial charge in [-0.3, -0.25) is 0 Å². The van der Waals surface area contributed by atoms with Crippen molar-refractivity contribution in [3.63, 3.8) is 0 Å². The van der Waals surface area contributed by atoms with Crippen molar-refractivity contribution in [2.75, 3.05) is 20.8 Å². The summed E-state index contributed by atoms with van der Waals surface area (Å²) in [4.78, 5) is 29.9. The maximum atomic E-state index is 12.5. The van der Waals surface area contributed by atoms with Crippen LogP contribution in [0.25, 0.3) is 11.1 Å². The van der Waals surface area contributed by atoms with E-state index in [1.54, 1.807) is 20.3 Å². The Morgan fingerprint density at radius 3 is 2.38 bits per heavy atom. The van der Waals surface area contributed by atoms with Gasteiger partial charge in [0.25, 0.3) is 0 Å². The highest BCUT2D eigenvalue weighted by molar-refractivity contribution is 6.30. The third kappa shape index (κ3) is 3.58. The molecule has 1 unspecified atom stereocenters. The molecule has 0 amide bonds. The van der Waals surface area contributed by atoms with E-state index in [9.17, 15) is 9.59 Å². The van der Waals surface area contributed by atoms with E-state index in [1.165, 1.54) is 5.06 Å². The molecule has 0 radical (unpaired) electrons. The molecule has 174 valence electrons. The molecular formula is C27H25NO6. The van der Waals surface area contributed by atoms with Crippen LogP contribution in [-0.2, 0) is 37.7 Å². The minimum absolute atomic E-state index is 0.296. The summed E-state index contributed by atoms with van der Waals surface area (Å²) in [5.74, 6) is -0.940. The van der Waals surface area contributed by atoms with E-state index < -0.39 is 17.7 Å². The van der Waals surface area contributed by atoms with E-state index in [4.69, 9.17) is 19.0 Å². The number of hydrogen-bond acceptors (Lipinski definition) is 7. The molecule has 2 heterocycles. The van der Waals surface area contributed by atoms with E-state index in [1.807, 2.05) is 30.3 Å². The Hall–Kier alpha value is -3.84. The first-order valence-corrected chi connectivity index (χ1v) is 11.1. The second kappa shape index (κ2) is 8.50. The van der Waals surface area contributed by atoms with Crippen molar-refractivity contribution >= 4 is 11.9 Å². The highest BCUT2D eigenvalue weighted by Gasteiger charge is 2.54. The van der Waals surface area contributed by atoms with Gasteiger partial charge in [-0.2, -0.15) is 0 Å². The van der Waals surface area contributed by atoms with Gasteiger partial charge in [0.05, 0.1) is 14.2 Å². The number of hydrogen-bond donors (Lipinski definition) is 0. The molecule has 5 rings (SSSR count). The molecule has 3 aromatic carbocycles. The van der Waals surface area contributed by atoms with Crippen LogP contribution in [0.1, 0.15) is 22.3 Å². The number of carbonyl (C=O) groups excluding carboxylic acids is 2. The van der Waals surface area contributed by atoms with Gasteiger partial charge in [0.15, 0.2) is 11.5 Å². The third-order valence-corrected chi connectivity index (χ3v) is 6.46. The Labute approximate surface area is 197 Å². The number of aryl methyl sites for hydroxylation is 1. The molecule has 1 fully saturated rings. The topological polar surface area (TPSA) is 74.3 Å². The summed E-state index contributed by atoms with van der Waals surface area (Å²) in [5.41, 5.74) is 4.63. The zero-order valence-corrected chi connectivity index (χ0v) is 19.3. The minimum atomic E-state index is -1.31. The van der Waals surface area contributed by atoms with Crippen LogP contribution in [-0.4, -0.2) is 37.8 Å². The Morgan fingerprint density at radius 1 is 0.941 bits per heavy atom. The molecular weight excluding hydrogens is 434 g/mol. The second-order valence-corrected chi connectivity index (χ2v) is 8.46. The second-order valence-electron chi connectivity index (χ2n) is 8.46. The third-order valence-electron chi connectivity index (χ3n) is 6.46. The van der Waals surface area contributed by atoms with Gasteiger partial charge in [-0.15, -0.1) is 0 Å². The maximum absolute atomic E-state index is 12.5. The van der Waals surface area contributed by atoms with E-state index in [-0.39, 0.29) is 0 Å². The number of methoxy groups -OCH3 is 2. The van der Waals surface area contributed by atoms with E-state index >= 15 is 0 Å². The molecule has 0 N–H and O–H groups in total. The molecule has 0 aliphatic carbocycles. The fourth-order valence-electron chi connectivity index (χ4n) is 4.86. The predicted molar refractivity (Wildman–Crippen MR) is 124 cm³/mol. The van der Waals surface area contributed by atoms with Gasteiger partial charge in [-0.05, 0) is 53.3 Å². The molecule has 7 heteroatoms. The SMILES string of the molecule is COc1cc2c(cc1OC)C1(Cc3ccc(-c4ccccc4)c(C)c3)OC(=O)C(=O)ON1CC2. The predicted octanol–water partition coefficient (Wildman–Crippen LogP) is 3.95. The van der Waals surface area contributed by atoms with Gasteiger partial charge >= 0.3 is 11.9 Å². The summed E-state index contributed by atoms with van der Waals surface area (Å²) in [6.45, 7) is 2.43. The molecule has 0 bridgehead atoms. The van der Waals surface area contributed by atoms with Gasteiger partial charge in [0.1, 0.15) is 0 Å². The van der Waals surface area contributed by atoms with Gasteiger partial charge < -0.3 is 19.0 Å². The lowest BCUT2D eigenvalue weighted by atomic mass is 9.85. The fraction of sp³-hybridized carbons (Fsp3) is 0.259. The lowest BCUT2D eigenvalue weighted by Crippen LogP contribution is -2.60. The first-order chi connectivity index (χ1) is 16.4. The highest BCUT2D eigenvalue weighted by atomic mass is 16.8. The fourth-order valence-corrected chi connectivity index (χ4v) is 4.86. The maximum Gasteiger partial charge on any atom is 0.436 e. The summed E-state index contributed by atoms with van der Waals surface area (Å²) in [6, 6.07) is 20.0. The highest BCUT2D eigenvalue weighted by Crippen LogP contribution is 2.46. The van der Waals surface area contributed by atoms with Crippen molar-refractivity contribution in [2.24, 2.45) is 0 Å². The van der Waals surface area contributed by atoms with Crippen LogP contribution in [0.2, 0.25) is 0 Å². The summed E-state index contributed by atoms with van der Waals surface area (Å²) >= 11 is 0. The van der Waals surface area contributed by atoms with Crippen LogP contribution >= 0.6 is 0 Å². The molecule has 2 aliphatic heterocycles. The number of nitrogens with zero attached hydrogens (tertiary/aromatic N) is 1. The van der Waals surface area contributed by atoms with Gasteiger partial charge in [-0.1, -0.05) is 53.6 Å². The molecule has 1 atom stereocenters. The summed E-state index contributed by atoms with van der Waals surface area (Å²) < 4.78 is 16.8. The number of esters is 1. The zero-order valence-electron chi connectivity index (χ0n) is 19.3. The van der Waals surface area contributed by atoms with Crippen LogP contribution in [0.4, 0.5) is 0 Å². The van der Waals surface area contributed by atoms with Crippen LogP contribution in [0, 0.1) is 6.92 Å². The molecule has 1 saturated heterocycles. The van der Waals surface area contributed by atoms with Crippen LogP contribution in [0.5, 0.6) is 11.5 Å². The molecule has 0 spiro atoms. The minimum Gasteiger partial charge on any atom is -0.493 e. The van der Waals surface area contributed by atoms with Crippen molar-refractivity contribution in [2.45, 2.75) is 25.5 Å². The smallest absolute Gasteiger partial charge is 0.436 e. The van der Waals surface area contributed by atoms with Crippen molar-refractivity contribution in [1.29, 1.82) is 0 Å². The van der Waals surface area contributed by atoms with Crippen molar-refractivity contribution in [3.05, 3.63) is 82.9 Å². The number of fused-ring (bicyclic) bond motifs is 3. The quantitative estimate of drug-likeness (QED) is 0.423. The molecule has 0 saturated carbocycles. The van der Waals surface area contributed by atoms with Crippen molar-refractivity contribution < 1.29 is 28.6 Å². The largest absolute Gasteiger partial charge is 0.493 e. The first kappa shape index (κ1) is 22.0. The summed E-state index contributed by atoms with van der Waals surface area (Å²) in [5, 5.41) is 1.48. The van der Waals surface area contributed by atoms with Gasteiger partial charge in [0, 0.05) is 18.5 Å². The molecule has 3 aromatic rings. The Balaban J connectivity index is 1.61. The number of benzene rings is 3. The molecule has 0 aromatic heterocycles. The first-order valence-electron chi connectivity index (χ1n) is 11.1. The summed E-state index contributed by atoms with van der Waals surface area (Å²) in [6.07, 6.45) is 0.888. The molecule has 34 heavy (non-hydrogen) atoms. The van der Waals surface area contributed by atoms with Crippen LogP contribution in [0.15, 0.2) is 60.7 Å². The van der Waals surface area contributed by atoms with Gasteiger partial charge in [-0.25, -0.2) is 9.59 Å². The van der Waals surface area contributed by atoms with E-state index in [2.05, 4.69) is 31.2 Å². The Morgan fingerprint density at radius 2 is 1.68 bits per heavy atom. The normalized spacial score (nSPS) is 19.5. The Kier molecular flexibility index (Phi) is 5.49. The Bertz CT molecular complexity index is 1270. The molecule has 2 aliphatic rings. The van der Waals surface area contributed by atoms with Crippen LogP contribution in [0.3, 0.4) is 0 Å². The summed E-state index contributed by atoms with van der Waals surface area (Å²) in [7, 11) is 3.13. The lowest BCUT2D eigenvalue weighted by Gasteiger charge is -2.47. The van der Waals surface area contributed by atoms with E-state index in [0.717, 1.165) is 27.8 Å². The average molecular weight is 459 g/mol. The number of rotatable bonds is 5. The zero-order chi connectivity index (χ0) is 23.9. The average Bonchev–Trinajstić information content (AvgIpc) is 2.85. The number of carbonyl (C=O) groups is 2. The monoisotopic (exact) mass is 459 g/mol.